The van der Waals surface area contributed by atoms with Gasteiger partial charge in [-0.25, -0.2) is 9.67 Å². The van der Waals surface area contributed by atoms with Crippen molar-refractivity contribution in [3.8, 4) is 5.75 Å². The van der Waals surface area contributed by atoms with Gasteiger partial charge in [-0.05, 0) is 30.9 Å². The van der Waals surface area contributed by atoms with Crippen LogP contribution in [0.3, 0.4) is 0 Å². The number of hydrogen-bond acceptors (Lipinski definition) is 4. The van der Waals surface area contributed by atoms with Gasteiger partial charge >= 0.3 is 0 Å². The van der Waals surface area contributed by atoms with E-state index in [1.807, 2.05) is 16.8 Å². The van der Waals surface area contributed by atoms with E-state index < -0.39 is 0 Å². The minimum atomic E-state index is -0.115. The van der Waals surface area contributed by atoms with E-state index in [-0.39, 0.29) is 5.91 Å². The summed E-state index contributed by atoms with van der Waals surface area (Å²) in [5.74, 6) is 1.86. The molecule has 0 N–H and O–H groups in total. The highest BCUT2D eigenvalue weighted by Crippen LogP contribution is 2.33. The molecule has 6 nitrogen and oxygen atoms in total. The molecule has 2 aliphatic rings. The van der Waals surface area contributed by atoms with Crippen LogP contribution in [0.25, 0.3) is 0 Å². The number of benzene rings is 1. The number of carbonyl (C=O) groups excluding carboxylic acids is 1. The molecule has 0 atom stereocenters. The molecule has 7 heteroatoms. The van der Waals surface area contributed by atoms with Gasteiger partial charge in [0.2, 0.25) is 0 Å². The number of fused-ring (bicyclic) bond motifs is 1. The molecule has 0 radical (unpaired) electrons. The fourth-order valence-corrected chi connectivity index (χ4v) is 2.97. The highest BCUT2D eigenvalue weighted by atomic mass is 35.5. The zero-order valence-corrected chi connectivity index (χ0v) is 13.4. The number of ether oxygens (including phenoxy) is 1. The fourth-order valence-electron chi connectivity index (χ4n) is 2.72. The van der Waals surface area contributed by atoms with Crippen LogP contribution in [-0.2, 0) is 13.1 Å². The molecule has 1 saturated carbocycles. The SMILES string of the molecule is O=C(c1c(Cl)cccc1OCC1CC1)N1CCn2ncnc2C1. The Kier molecular flexibility index (Phi) is 3.69. The number of hydrogen-bond donors (Lipinski definition) is 0. The van der Waals surface area contributed by atoms with Crippen LogP contribution in [-0.4, -0.2) is 38.7 Å². The molecule has 23 heavy (non-hydrogen) atoms. The lowest BCUT2D eigenvalue weighted by Crippen LogP contribution is -2.39. The Morgan fingerprint density at radius 3 is 3.04 bits per heavy atom. The summed E-state index contributed by atoms with van der Waals surface area (Å²) in [5, 5.41) is 4.56. The molecular formula is C16H17ClN4O2. The minimum Gasteiger partial charge on any atom is -0.492 e. The molecule has 1 fully saturated rings. The number of carbonyl (C=O) groups is 1. The third-order valence-electron chi connectivity index (χ3n) is 4.26. The lowest BCUT2D eigenvalue weighted by molar-refractivity contribution is 0.0698. The first-order chi connectivity index (χ1) is 11.2. The van der Waals surface area contributed by atoms with Crippen molar-refractivity contribution in [1.29, 1.82) is 0 Å². The van der Waals surface area contributed by atoms with Crippen molar-refractivity contribution < 1.29 is 9.53 Å². The van der Waals surface area contributed by atoms with Gasteiger partial charge in [0, 0.05) is 6.54 Å². The van der Waals surface area contributed by atoms with E-state index in [0.717, 1.165) is 5.82 Å². The zero-order valence-electron chi connectivity index (χ0n) is 12.6. The predicted octanol–water partition coefficient (Wildman–Crippen LogP) is 2.38. The molecule has 1 aromatic carbocycles. The minimum absolute atomic E-state index is 0.115. The van der Waals surface area contributed by atoms with E-state index in [0.29, 0.717) is 48.5 Å². The van der Waals surface area contributed by atoms with Gasteiger partial charge in [0.1, 0.15) is 23.5 Å². The van der Waals surface area contributed by atoms with E-state index in [9.17, 15) is 4.79 Å². The van der Waals surface area contributed by atoms with Gasteiger partial charge in [0.25, 0.3) is 5.91 Å². The summed E-state index contributed by atoms with van der Waals surface area (Å²) < 4.78 is 7.66. The second-order valence-electron chi connectivity index (χ2n) is 5.99. The Bertz CT molecular complexity index is 741. The lowest BCUT2D eigenvalue weighted by atomic mass is 10.1. The molecule has 2 aromatic rings. The maximum absolute atomic E-state index is 12.9. The summed E-state index contributed by atoms with van der Waals surface area (Å²) in [6.45, 7) is 2.31. The first-order valence-electron chi connectivity index (χ1n) is 7.79. The summed E-state index contributed by atoms with van der Waals surface area (Å²) in [6, 6.07) is 5.35. The molecule has 0 unspecified atom stereocenters. The van der Waals surface area contributed by atoms with E-state index in [1.54, 1.807) is 11.0 Å². The van der Waals surface area contributed by atoms with Crippen LogP contribution in [0.15, 0.2) is 24.5 Å². The summed E-state index contributed by atoms with van der Waals surface area (Å²) in [4.78, 5) is 18.9. The molecule has 1 aliphatic heterocycles. The molecule has 2 heterocycles. The summed E-state index contributed by atoms with van der Waals surface area (Å²) in [6.07, 6.45) is 3.92. The Morgan fingerprint density at radius 2 is 2.22 bits per heavy atom. The van der Waals surface area contributed by atoms with Crippen LogP contribution in [0, 0.1) is 5.92 Å². The van der Waals surface area contributed by atoms with Crippen molar-refractivity contribution in [2.75, 3.05) is 13.2 Å². The third-order valence-corrected chi connectivity index (χ3v) is 4.57. The topological polar surface area (TPSA) is 60.2 Å². The Morgan fingerprint density at radius 1 is 1.35 bits per heavy atom. The number of amides is 1. The number of aromatic nitrogens is 3. The Labute approximate surface area is 139 Å². The second kappa shape index (κ2) is 5.85. The second-order valence-corrected chi connectivity index (χ2v) is 6.40. The average molecular weight is 333 g/mol. The van der Waals surface area contributed by atoms with Gasteiger partial charge in [0.15, 0.2) is 0 Å². The summed E-state index contributed by atoms with van der Waals surface area (Å²) in [5.41, 5.74) is 0.447. The van der Waals surface area contributed by atoms with Crippen LogP contribution in [0.5, 0.6) is 5.75 Å². The molecule has 120 valence electrons. The first-order valence-corrected chi connectivity index (χ1v) is 8.17. The largest absolute Gasteiger partial charge is 0.492 e. The van der Waals surface area contributed by atoms with Gasteiger partial charge in [-0.3, -0.25) is 4.79 Å². The highest BCUT2D eigenvalue weighted by Gasteiger charge is 2.28. The van der Waals surface area contributed by atoms with Crippen LogP contribution in [0.4, 0.5) is 0 Å². The zero-order chi connectivity index (χ0) is 15.8. The van der Waals surface area contributed by atoms with Gasteiger partial charge < -0.3 is 9.64 Å². The van der Waals surface area contributed by atoms with E-state index in [4.69, 9.17) is 16.3 Å². The number of halogens is 1. The molecular weight excluding hydrogens is 316 g/mol. The lowest BCUT2D eigenvalue weighted by Gasteiger charge is -2.27. The van der Waals surface area contributed by atoms with Crippen LogP contribution in [0.2, 0.25) is 5.02 Å². The monoisotopic (exact) mass is 332 g/mol. The standard InChI is InChI=1S/C16H17ClN4O2/c17-12-2-1-3-13(23-9-11-4-5-11)15(12)16(22)20-6-7-21-14(8-20)18-10-19-21/h1-3,10-11H,4-9H2. The van der Waals surface area contributed by atoms with Crippen molar-refractivity contribution in [1.82, 2.24) is 19.7 Å². The van der Waals surface area contributed by atoms with Crippen molar-refractivity contribution >= 4 is 17.5 Å². The average Bonchev–Trinajstić information content (AvgIpc) is 3.27. The number of nitrogens with zero attached hydrogens (tertiary/aromatic N) is 4. The normalized spacial score (nSPS) is 17.0. The molecule has 1 amide bonds. The van der Waals surface area contributed by atoms with E-state index >= 15 is 0 Å². The Balaban J connectivity index is 1.57. The van der Waals surface area contributed by atoms with Gasteiger partial charge in [-0.2, -0.15) is 5.10 Å². The van der Waals surface area contributed by atoms with Crippen LogP contribution < -0.4 is 4.74 Å². The predicted molar refractivity (Wildman–Crippen MR) is 84.4 cm³/mol. The van der Waals surface area contributed by atoms with E-state index in [1.165, 1.54) is 19.2 Å². The Hall–Kier alpha value is -2.08. The van der Waals surface area contributed by atoms with Gasteiger partial charge in [0.05, 0.1) is 24.7 Å². The summed E-state index contributed by atoms with van der Waals surface area (Å²) >= 11 is 6.29. The maximum atomic E-state index is 12.9. The van der Waals surface area contributed by atoms with Crippen molar-refractivity contribution in [2.45, 2.75) is 25.9 Å². The highest BCUT2D eigenvalue weighted by molar-refractivity contribution is 6.34. The number of rotatable bonds is 4. The smallest absolute Gasteiger partial charge is 0.259 e. The summed E-state index contributed by atoms with van der Waals surface area (Å²) in [7, 11) is 0. The molecule has 0 spiro atoms. The molecule has 0 saturated heterocycles. The fraction of sp³-hybridized carbons (Fsp3) is 0.438. The van der Waals surface area contributed by atoms with E-state index in [2.05, 4.69) is 10.1 Å². The first kappa shape index (κ1) is 14.5. The molecule has 1 aromatic heterocycles. The van der Waals surface area contributed by atoms with Crippen molar-refractivity contribution in [3.05, 3.63) is 40.9 Å². The maximum Gasteiger partial charge on any atom is 0.259 e. The van der Waals surface area contributed by atoms with Crippen molar-refractivity contribution in [2.24, 2.45) is 5.92 Å². The third kappa shape index (κ3) is 2.91. The molecule has 0 bridgehead atoms. The van der Waals surface area contributed by atoms with Gasteiger partial charge in [-0.15, -0.1) is 0 Å². The van der Waals surface area contributed by atoms with Crippen molar-refractivity contribution in [3.63, 3.8) is 0 Å². The molecule has 4 rings (SSSR count). The quantitative estimate of drug-likeness (QED) is 0.862. The van der Waals surface area contributed by atoms with Crippen LogP contribution >= 0.6 is 11.6 Å². The molecule has 1 aliphatic carbocycles. The van der Waals surface area contributed by atoms with Gasteiger partial charge in [-0.1, -0.05) is 17.7 Å². The van der Waals surface area contributed by atoms with Crippen LogP contribution in [0.1, 0.15) is 29.0 Å².